The number of hydrogen-bond acceptors (Lipinski definition) is 2. The Bertz CT molecular complexity index is 3140. The Morgan fingerprint density at radius 1 is 0.544 bits per heavy atom. The molecule has 0 N–H and O–H groups in total. The Hall–Kier alpha value is -7.70. The molecule has 0 saturated carbocycles. The van der Waals surface area contributed by atoms with Gasteiger partial charge in [-0.3, -0.25) is 4.99 Å². The van der Waals surface area contributed by atoms with Crippen molar-refractivity contribution in [3.05, 3.63) is 211 Å². The zero-order valence-electron chi connectivity index (χ0n) is 31.1. The Morgan fingerprint density at radius 3 is 2.07 bits per heavy atom. The van der Waals surface area contributed by atoms with Crippen molar-refractivity contribution in [2.75, 3.05) is 0 Å². The number of hydrogen-bond donors (Lipinski definition) is 0. The van der Waals surface area contributed by atoms with Gasteiger partial charge in [-0.2, -0.15) is 0 Å². The van der Waals surface area contributed by atoms with Crippen LogP contribution in [0, 0.1) is 0 Å². The third-order valence-corrected chi connectivity index (χ3v) is 10.5. The van der Waals surface area contributed by atoms with Crippen LogP contribution in [0.3, 0.4) is 0 Å². The zero-order valence-corrected chi connectivity index (χ0v) is 31.1. The van der Waals surface area contributed by atoms with Crippen LogP contribution in [0.25, 0.3) is 66.1 Å². The summed E-state index contributed by atoms with van der Waals surface area (Å²) in [7, 11) is 0. The molecule has 6 heteroatoms. The van der Waals surface area contributed by atoms with Gasteiger partial charge in [0.15, 0.2) is 11.7 Å². The number of amidine groups is 2. The van der Waals surface area contributed by atoms with Gasteiger partial charge in [-0.1, -0.05) is 127 Å². The Kier molecular flexibility index (Phi) is 8.61. The fourth-order valence-electron chi connectivity index (χ4n) is 7.80. The molecule has 0 aliphatic rings. The van der Waals surface area contributed by atoms with E-state index < -0.39 is 0 Å². The van der Waals surface area contributed by atoms with E-state index >= 15 is 0 Å². The Morgan fingerprint density at radius 2 is 1.28 bits per heavy atom. The van der Waals surface area contributed by atoms with Crippen LogP contribution in [0.5, 0.6) is 0 Å². The van der Waals surface area contributed by atoms with Crippen molar-refractivity contribution in [2.45, 2.75) is 6.54 Å². The minimum Gasteiger partial charge on any atom is -0.317 e. The van der Waals surface area contributed by atoms with Crippen LogP contribution >= 0.6 is 0 Å². The molecule has 0 spiro atoms. The zero-order chi connectivity index (χ0) is 38.1. The first kappa shape index (κ1) is 33.8. The van der Waals surface area contributed by atoms with E-state index in [1.165, 1.54) is 38.0 Å². The molecule has 0 saturated heterocycles. The van der Waals surface area contributed by atoms with Crippen LogP contribution in [-0.4, -0.2) is 32.5 Å². The topological polar surface area (TPSA) is 59.8 Å². The Balaban J connectivity index is 1.04. The highest BCUT2D eigenvalue weighted by atomic mass is 15.0. The molecule has 0 amide bonds. The highest BCUT2D eigenvalue weighted by Crippen LogP contribution is 2.38. The van der Waals surface area contributed by atoms with Crippen LogP contribution in [0.2, 0.25) is 0 Å². The number of rotatable bonds is 7. The third-order valence-electron chi connectivity index (χ3n) is 10.5. The van der Waals surface area contributed by atoms with Gasteiger partial charge >= 0.3 is 0 Å². The molecule has 0 atom stereocenters. The molecule has 7 aromatic carbocycles. The Labute approximate surface area is 330 Å². The van der Waals surface area contributed by atoms with Crippen molar-refractivity contribution in [3.63, 3.8) is 0 Å². The maximum absolute atomic E-state index is 5.04. The smallest absolute Gasteiger partial charge is 0.179 e. The largest absolute Gasteiger partial charge is 0.317 e. The normalized spacial score (nSPS) is 12.2. The van der Waals surface area contributed by atoms with E-state index in [9.17, 15) is 0 Å². The van der Waals surface area contributed by atoms with E-state index in [0.29, 0.717) is 23.9 Å². The van der Waals surface area contributed by atoms with Crippen molar-refractivity contribution in [2.24, 2.45) is 15.0 Å². The SMILES string of the molecule is C=NC(=NC(=NCc1ccccc1)c1ccccc1)c1cccc(-c2ccc(-n3c4ccccc4c4ccc5cc6c(ccn6-c6ccccc6)cc5c43)cc2)n1. The van der Waals surface area contributed by atoms with Crippen molar-refractivity contribution in [3.8, 4) is 22.6 Å². The van der Waals surface area contributed by atoms with Gasteiger partial charge in [-0.15, -0.1) is 0 Å². The highest BCUT2D eigenvalue weighted by molar-refractivity contribution is 6.20. The average molecular weight is 733 g/mol. The fourth-order valence-corrected chi connectivity index (χ4v) is 7.80. The molecule has 3 aromatic heterocycles. The monoisotopic (exact) mass is 732 g/mol. The van der Waals surface area contributed by atoms with Crippen LogP contribution in [0.1, 0.15) is 16.8 Å². The van der Waals surface area contributed by atoms with Crippen molar-refractivity contribution < 1.29 is 0 Å². The molecule has 10 rings (SSSR count). The van der Waals surface area contributed by atoms with Gasteiger partial charge in [-0.05, 0) is 78.3 Å². The van der Waals surface area contributed by atoms with Crippen molar-refractivity contribution >= 4 is 61.9 Å². The van der Waals surface area contributed by atoms with Gasteiger partial charge in [0.1, 0.15) is 5.69 Å². The molecule has 0 aliphatic heterocycles. The summed E-state index contributed by atoms with van der Waals surface area (Å²) in [4.78, 5) is 19.2. The number of aliphatic imine (C=N–C) groups is 3. The summed E-state index contributed by atoms with van der Waals surface area (Å²) in [6.45, 7) is 4.36. The van der Waals surface area contributed by atoms with E-state index in [4.69, 9.17) is 15.0 Å². The summed E-state index contributed by atoms with van der Waals surface area (Å²) in [6.07, 6.45) is 2.16. The summed E-state index contributed by atoms with van der Waals surface area (Å²) in [5, 5.41) is 6.06. The van der Waals surface area contributed by atoms with Crippen molar-refractivity contribution in [1.82, 2.24) is 14.1 Å². The van der Waals surface area contributed by atoms with E-state index in [-0.39, 0.29) is 0 Å². The molecule has 57 heavy (non-hydrogen) atoms. The molecular weight excluding hydrogens is 697 g/mol. The standard InChI is InChI=1S/C51H36N6/c1-52-51(55-50(37-16-7-3-8-17-37)53-34-35-14-5-2-6-15-35)46-22-13-21-45(54-46)36-24-27-41(28-25-36)57-47-23-12-11-20-42(47)43-29-26-38-33-48-39(32-44(38)49(43)57)30-31-56(48)40-18-9-4-10-19-40/h2-33H,1,34H2. The second kappa shape index (κ2) is 14.5. The number of aromatic nitrogens is 3. The van der Waals surface area contributed by atoms with Crippen LogP contribution in [0.15, 0.2) is 209 Å². The molecule has 0 bridgehead atoms. The summed E-state index contributed by atoms with van der Waals surface area (Å²) in [5.74, 6) is 0.987. The van der Waals surface area contributed by atoms with Crippen molar-refractivity contribution in [1.29, 1.82) is 0 Å². The molecule has 10 aromatic rings. The van der Waals surface area contributed by atoms with Gasteiger partial charge in [-0.25, -0.2) is 15.0 Å². The minimum absolute atomic E-state index is 0.412. The summed E-state index contributed by atoms with van der Waals surface area (Å²) in [6, 6.07) is 65.2. The first-order valence-electron chi connectivity index (χ1n) is 19.0. The predicted octanol–water partition coefficient (Wildman–Crippen LogP) is 12.0. The fraction of sp³-hybridized carbons (Fsp3) is 0.0196. The van der Waals surface area contributed by atoms with E-state index in [1.54, 1.807) is 0 Å². The molecule has 6 nitrogen and oxygen atoms in total. The number of para-hydroxylation sites is 2. The number of nitrogens with zero attached hydrogens (tertiary/aromatic N) is 6. The third kappa shape index (κ3) is 6.29. The maximum Gasteiger partial charge on any atom is 0.179 e. The van der Waals surface area contributed by atoms with Gasteiger partial charge in [0.05, 0.1) is 28.8 Å². The lowest BCUT2D eigenvalue weighted by atomic mass is 10.0. The second-order valence-corrected chi connectivity index (χ2v) is 14.0. The minimum atomic E-state index is 0.412. The molecule has 270 valence electrons. The van der Waals surface area contributed by atoms with Crippen LogP contribution < -0.4 is 0 Å². The summed E-state index contributed by atoms with van der Waals surface area (Å²) >= 11 is 0. The molecule has 0 fully saturated rings. The number of fused-ring (bicyclic) bond motifs is 6. The maximum atomic E-state index is 5.04. The number of pyridine rings is 1. The van der Waals surface area contributed by atoms with Gasteiger partial charge in [0.2, 0.25) is 0 Å². The van der Waals surface area contributed by atoms with Gasteiger partial charge in [0.25, 0.3) is 0 Å². The lowest BCUT2D eigenvalue weighted by Crippen LogP contribution is -2.07. The summed E-state index contributed by atoms with van der Waals surface area (Å²) in [5.41, 5.74) is 10.2. The summed E-state index contributed by atoms with van der Waals surface area (Å²) < 4.78 is 4.66. The first-order valence-corrected chi connectivity index (χ1v) is 19.0. The first-order chi connectivity index (χ1) is 28.2. The molecule has 3 heterocycles. The number of benzene rings is 7. The van der Waals surface area contributed by atoms with E-state index in [0.717, 1.165) is 39.3 Å². The van der Waals surface area contributed by atoms with Crippen LogP contribution in [0.4, 0.5) is 0 Å². The molecule has 0 unspecified atom stereocenters. The molecule has 0 radical (unpaired) electrons. The molecular formula is C51H36N6. The lowest BCUT2D eigenvalue weighted by molar-refractivity contribution is 1.06. The van der Waals surface area contributed by atoms with Gasteiger partial charge in [0, 0.05) is 50.2 Å². The molecule has 0 aliphatic carbocycles. The highest BCUT2D eigenvalue weighted by Gasteiger charge is 2.17. The average Bonchev–Trinajstić information content (AvgIpc) is 3.86. The predicted molar refractivity (Wildman–Crippen MR) is 238 cm³/mol. The van der Waals surface area contributed by atoms with E-state index in [1.807, 2.05) is 66.7 Å². The van der Waals surface area contributed by atoms with E-state index in [2.05, 4.69) is 148 Å². The quantitative estimate of drug-likeness (QED) is 0.119. The van der Waals surface area contributed by atoms with Crippen LogP contribution in [-0.2, 0) is 6.54 Å². The second-order valence-electron chi connectivity index (χ2n) is 14.0. The van der Waals surface area contributed by atoms with Gasteiger partial charge < -0.3 is 9.13 Å². The lowest BCUT2D eigenvalue weighted by Gasteiger charge is -2.12.